The smallest absolute Gasteiger partial charge is 0.126 e. The minimum absolute atomic E-state index is 0.0408. The summed E-state index contributed by atoms with van der Waals surface area (Å²) in [5.74, 6) is 0.301. The zero-order valence-electron chi connectivity index (χ0n) is 11.5. The van der Waals surface area contributed by atoms with E-state index in [1.54, 1.807) is 6.07 Å². The Morgan fingerprint density at radius 1 is 1.28 bits per heavy atom. The summed E-state index contributed by atoms with van der Waals surface area (Å²) in [5, 5.41) is 0. The van der Waals surface area contributed by atoms with Crippen LogP contribution in [-0.4, -0.2) is 6.54 Å². The topological polar surface area (TPSA) is 26.0 Å². The molecule has 0 saturated heterocycles. The Morgan fingerprint density at radius 3 is 2.33 bits per heavy atom. The summed E-state index contributed by atoms with van der Waals surface area (Å²) in [4.78, 5) is 0. The maximum absolute atomic E-state index is 14.3. The van der Waals surface area contributed by atoms with Crippen molar-refractivity contribution in [2.24, 2.45) is 5.73 Å². The molecule has 1 aromatic carbocycles. The van der Waals surface area contributed by atoms with Crippen LogP contribution in [0.4, 0.5) is 4.39 Å². The second-order valence-corrected chi connectivity index (χ2v) is 5.59. The summed E-state index contributed by atoms with van der Waals surface area (Å²) in [6, 6.07) is 5.82. The predicted octanol–water partition coefficient (Wildman–Crippen LogP) is 4.11. The number of hydrogen-bond donors (Lipinski definition) is 1. The van der Waals surface area contributed by atoms with Crippen LogP contribution in [0.15, 0.2) is 18.2 Å². The van der Waals surface area contributed by atoms with Crippen LogP contribution < -0.4 is 5.73 Å². The molecule has 2 N–H and O–H groups in total. The Hall–Kier alpha value is -0.890. The van der Waals surface area contributed by atoms with E-state index >= 15 is 0 Å². The summed E-state index contributed by atoms with van der Waals surface area (Å²) >= 11 is 0. The van der Waals surface area contributed by atoms with Crippen LogP contribution in [0.2, 0.25) is 0 Å². The molecule has 1 aliphatic carbocycles. The molecule has 2 rings (SSSR count). The molecule has 0 heterocycles. The fourth-order valence-corrected chi connectivity index (χ4v) is 3.13. The van der Waals surface area contributed by atoms with E-state index in [9.17, 15) is 4.39 Å². The maximum Gasteiger partial charge on any atom is 0.126 e. The summed E-state index contributed by atoms with van der Waals surface area (Å²) in [6.45, 7) is 4.88. The number of nitrogens with two attached hydrogens (primary N) is 1. The van der Waals surface area contributed by atoms with Gasteiger partial charge in [-0.1, -0.05) is 32.4 Å². The maximum atomic E-state index is 14.3. The van der Waals surface area contributed by atoms with Gasteiger partial charge in [-0.05, 0) is 48.8 Å². The molecule has 0 amide bonds. The second-order valence-electron chi connectivity index (χ2n) is 5.59. The standard InChI is InChI=1S/C16H24FN/c1-3-12(4-2)14-7-6-13(10-15(14)17)16(11-18)8-5-9-16/h6-7,10,12H,3-5,8-9,11,18H2,1-2H3. The van der Waals surface area contributed by atoms with Crippen molar-refractivity contribution in [3.8, 4) is 0 Å². The monoisotopic (exact) mass is 249 g/mol. The van der Waals surface area contributed by atoms with Crippen molar-refractivity contribution in [1.29, 1.82) is 0 Å². The van der Waals surface area contributed by atoms with Gasteiger partial charge >= 0.3 is 0 Å². The highest BCUT2D eigenvalue weighted by Gasteiger charge is 2.37. The van der Waals surface area contributed by atoms with Crippen molar-refractivity contribution in [2.75, 3.05) is 6.54 Å². The molecular weight excluding hydrogens is 225 g/mol. The Morgan fingerprint density at radius 2 is 1.94 bits per heavy atom. The van der Waals surface area contributed by atoms with Gasteiger partial charge in [-0.2, -0.15) is 0 Å². The van der Waals surface area contributed by atoms with E-state index in [4.69, 9.17) is 5.73 Å². The molecule has 18 heavy (non-hydrogen) atoms. The SMILES string of the molecule is CCC(CC)c1ccc(C2(CN)CCC2)cc1F. The lowest BCUT2D eigenvalue weighted by molar-refractivity contribution is 0.252. The van der Waals surface area contributed by atoms with Crippen molar-refractivity contribution in [2.45, 2.75) is 57.3 Å². The van der Waals surface area contributed by atoms with Crippen LogP contribution in [0.25, 0.3) is 0 Å². The Bertz CT molecular complexity index is 400. The molecule has 1 fully saturated rings. The molecule has 1 nitrogen and oxygen atoms in total. The van der Waals surface area contributed by atoms with Crippen LogP contribution in [-0.2, 0) is 5.41 Å². The molecule has 2 heteroatoms. The third kappa shape index (κ3) is 2.18. The van der Waals surface area contributed by atoms with Crippen molar-refractivity contribution < 1.29 is 4.39 Å². The summed E-state index contributed by atoms with van der Waals surface area (Å²) in [7, 11) is 0. The van der Waals surface area contributed by atoms with Gasteiger partial charge in [-0.3, -0.25) is 0 Å². The van der Waals surface area contributed by atoms with Gasteiger partial charge in [0.05, 0.1) is 0 Å². The van der Waals surface area contributed by atoms with E-state index in [0.29, 0.717) is 12.5 Å². The molecule has 0 aromatic heterocycles. The highest BCUT2D eigenvalue weighted by molar-refractivity contribution is 5.34. The lowest BCUT2D eigenvalue weighted by atomic mass is 9.64. The molecule has 1 aliphatic rings. The first-order valence-corrected chi connectivity index (χ1v) is 7.17. The average molecular weight is 249 g/mol. The third-order valence-corrected chi connectivity index (χ3v) is 4.74. The first-order chi connectivity index (χ1) is 8.66. The number of halogens is 1. The Kier molecular flexibility index (Phi) is 4.06. The van der Waals surface area contributed by atoms with Crippen molar-refractivity contribution in [3.05, 3.63) is 35.1 Å². The van der Waals surface area contributed by atoms with E-state index in [2.05, 4.69) is 19.9 Å². The van der Waals surface area contributed by atoms with Crippen LogP contribution in [0.1, 0.15) is 63.0 Å². The molecular formula is C16H24FN. The van der Waals surface area contributed by atoms with Crippen LogP contribution in [0.5, 0.6) is 0 Å². The Labute approximate surface area is 110 Å². The van der Waals surface area contributed by atoms with Gasteiger partial charge < -0.3 is 5.73 Å². The fourth-order valence-electron chi connectivity index (χ4n) is 3.13. The molecule has 0 spiro atoms. The summed E-state index contributed by atoms with van der Waals surface area (Å²) < 4.78 is 14.3. The van der Waals surface area contributed by atoms with Gasteiger partial charge in [0.25, 0.3) is 0 Å². The van der Waals surface area contributed by atoms with Crippen molar-refractivity contribution in [3.63, 3.8) is 0 Å². The molecule has 0 bridgehead atoms. The molecule has 0 radical (unpaired) electrons. The van der Waals surface area contributed by atoms with E-state index in [0.717, 1.165) is 36.8 Å². The van der Waals surface area contributed by atoms with Gasteiger partial charge in [0.2, 0.25) is 0 Å². The lowest BCUT2D eigenvalue weighted by Gasteiger charge is -2.41. The number of hydrogen-bond acceptors (Lipinski definition) is 1. The van der Waals surface area contributed by atoms with Gasteiger partial charge in [0.15, 0.2) is 0 Å². The first-order valence-electron chi connectivity index (χ1n) is 7.17. The minimum atomic E-state index is -0.0408. The molecule has 0 aliphatic heterocycles. The van der Waals surface area contributed by atoms with Crippen molar-refractivity contribution in [1.82, 2.24) is 0 Å². The molecule has 1 saturated carbocycles. The lowest BCUT2D eigenvalue weighted by Crippen LogP contribution is -2.41. The predicted molar refractivity (Wildman–Crippen MR) is 74.3 cm³/mol. The minimum Gasteiger partial charge on any atom is -0.330 e. The van der Waals surface area contributed by atoms with Gasteiger partial charge in [0, 0.05) is 12.0 Å². The van der Waals surface area contributed by atoms with Gasteiger partial charge in [0.1, 0.15) is 5.82 Å². The third-order valence-electron chi connectivity index (χ3n) is 4.74. The van der Waals surface area contributed by atoms with Crippen LogP contribution >= 0.6 is 0 Å². The molecule has 0 unspecified atom stereocenters. The summed E-state index contributed by atoms with van der Waals surface area (Å²) in [5.41, 5.74) is 7.91. The van der Waals surface area contributed by atoms with Crippen molar-refractivity contribution >= 4 is 0 Å². The highest BCUT2D eigenvalue weighted by atomic mass is 19.1. The van der Waals surface area contributed by atoms with Gasteiger partial charge in [-0.25, -0.2) is 4.39 Å². The zero-order valence-corrected chi connectivity index (χ0v) is 11.5. The molecule has 100 valence electrons. The normalized spacial score (nSPS) is 17.8. The van der Waals surface area contributed by atoms with Crippen LogP contribution in [0, 0.1) is 5.82 Å². The van der Waals surface area contributed by atoms with E-state index < -0.39 is 0 Å². The Balaban J connectivity index is 2.30. The molecule has 1 aromatic rings. The largest absolute Gasteiger partial charge is 0.330 e. The molecule has 0 atom stereocenters. The number of benzene rings is 1. The summed E-state index contributed by atoms with van der Waals surface area (Å²) in [6.07, 6.45) is 5.41. The van der Waals surface area contributed by atoms with E-state index in [1.165, 1.54) is 6.42 Å². The van der Waals surface area contributed by atoms with Gasteiger partial charge in [-0.15, -0.1) is 0 Å². The second kappa shape index (κ2) is 5.40. The van der Waals surface area contributed by atoms with Crippen LogP contribution in [0.3, 0.4) is 0 Å². The first kappa shape index (κ1) is 13.5. The average Bonchev–Trinajstić information content (AvgIpc) is 2.32. The fraction of sp³-hybridized carbons (Fsp3) is 0.625. The highest BCUT2D eigenvalue weighted by Crippen LogP contribution is 2.43. The zero-order chi connectivity index (χ0) is 13.2. The quantitative estimate of drug-likeness (QED) is 0.835. The van der Waals surface area contributed by atoms with E-state index in [1.807, 2.05) is 6.07 Å². The van der Waals surface area contributed by atoms with E-state index in [-0.39, 0.29) is 11.2 Å². The number of rotatable bonds is 5.